The maximum Gasteiger partial charge on any atom is 0.221 e. The Morgan fingerprint density at radius 1 is 0.971 bits per heavy atom. The van der Waals surface area contributed by atoms with Crippen LogP contribution in [-0.2, 0) is 4.79 Å². The van der Waals surface area contributed by atoms with Crippen molar-refractivity contribution in [2.24, 2.45) is 0 Å². The molecule has 3 heterocycles. The Labute approximate surface area is 210 Å². The second-order valence-corrected chi connectivity index (χ2v) is 9.18. The number of rotatable bonds is 5. The molecule has 2 N–H and O–H groups in total. The summed E-state index contributed by atoms with van der Waals surface area (Å²) in [6.07, 6.45) is 3.90. The minimum absolute atomic E-state index is 0.101. The number of nitrogens with one attached hydrogen (secondary N) is 2. The molecule has 176 valence electrons. The van der Waals surface area contributed by atoms with Gasteiger partial charge in [-0.25, -0.2) is 0 Å². The third-order valence-corrected chi connectivity index (χ3v) is 6.73. The highest BCUT2D eigenvalue weighted by Crippen LogP contribution is 2.42. The Kier molecular flexibility index (Phi) is 6.09. The van der Waals surface area contributed by atoms with Gasteiger partial charge in [-0.1, -0.05) is 12.1 Å². The summed E-state index contributed by atoms with van der Waals surface area (Å²) in [4.78, 5) is 18.3. The lowest BCUT2D eigenvalue weighted by Gasteiger charge is -2.29. The number of anilines is 2. The first-order chi connectivity index (χ1) is 16.9. The number of aryl methyl sites for hydroxylation is 2. The van der Waals surface area contributed by atoms with E-state index in [9.17, 15) is 4.79 Å². The van der Waals surface area contributed by atoms with E-state index in [0.29, 0.717) is 5.11 Å². The van der Waals surface area contributed by atoms with Gasteiger partial charge in [-0.2, -0.15) is 0 Å². The quantitative estimate of drug-likeness (QED) is 0.362. The molecule has 0 bridgehead atoms. The zero-order valence-corrected chi connectivity index (χ0v) is 20.7. The van der Waals surface area contributed by atoms with Crippen LogP contribution in [0.1, 0.15) is 41.5 Å². The molecule has 1 saturated heterocycles. The van der Waals surface area contributed by atoms with Gasteiger partial charge in [-0.05, 0) is 97.9 Å². The Balaban J connectivity index is 1.62. The smallest absolute Gasteiger partial charge is 0.221 e. The van der Waals surface area contributed by atoms with Crippen LogP contribution in [0.15, 0.2) is 85.2 Å². The van der Waals surface area contributed by atoms with E-state index in [-0.39, 0.29) is 18.0 Å². The van der Waals surface area contributed by atoms with Crippen molar-refractivity contribution in [1.29, 1.82) is 0 Å². The van der Waals surface area contributed by atoms with Crippen molar-refractivity contribution < 1.29 is 4.79 Å². The first kappa shape index (κ1) is 22.8. The van der Waals surface area contributed by atoms with Crippen LogP contribution < -0.4 is 15.5 Å². The fraction of sp³-hybridized carbons (Fsp3) is 0.179. The minimum atomic E-state index is -0.140. The number of hydrogen-bond donors (Lipinski definition) is 2. The van der Waals surface area contributed by atoms with Gasteiger partial charge >= 0.3 is 0 Å². The second-order valence-electron chi connectivity index (χ2n) is 8.80. The number of pyridine rings is 1. The van der Waals surface area contributed by atoms with Crippen LogP contribution in [0.5, 0.6) is 0 Å². The van der Waals surface area contributed by atoms with Crippen molar-refractivity contribution in [3.63, 3.8) is 0 Å². The minimum Gasteiger partial charge on any atom is -0.351 e. The van der Waals surface area contributed by atoms with Gasteiger partial charge in [0, 0.05) is 42.1 Å². The van der Waals surface area contributed by atoms with Crippen molar-refractivity contribution in [3.05, 3.63) is 108 Å². The molecule has 2 aromatic heterocycles. The highest BCUT2D eigenvalue weighted by atomic mass is 32.1. The Morgan fingerprint density at radius 3 is 2.43 bits per heavy atom. The maximum atomic E-state index is 11.5. The topological polar surface area (TPSA) is 62.2 Å². The molecule has 6 nitrogen and oxygen atoms in total. The summed E-state index contributed by atoms with van der Waals surface area (Å²) < 4.78 is 2.22. The number of benzene rings is 2. The molecule has 4 aromatic rings. The van der Waals surface area contributed by atoms with Crippen molar-refractivity contribution in [2.75, 3.05) is 10.2 Å². The summed E-state index contributed by atoms with van der Waals surface area (Å²) in [5, 5.41) is 6.97. The predicted octanol–water partition coefficient (Wildman–Crippen LogP) is 5.62. The fourth-order valence-electron chi connectivity index (χ4n) is 4.59. The van der Waals surface area contributed by atoms with Crippen LogP contribution in [0.25, 0.3) is 5.69 Å². The highest BCUT2D eigenvalue weighted by Gasteiger charge is 2.42. The van der Waals surface area contributed by atoms with E-state index in [2.05, 4.69) is 75.5 Å². The number of nitrogens with zero attached hydrogens (tertiary/aromatic N) is 3. The molecular formula is C28H27N5OS. The number of amides is 1. The monoisotopic (exact) mass is 481 g/mol. The van der Waals surface area contributed by atoms with Crippen molar-refractivity contribution >= 4 is 34.6 Å². The SMILES string of the molecule is CC(=O)Nc1ccc(N2C(=S)N[C@H](c3ccccn3)[C@H]2c2cccn2-c2ccc(C)c(C)c2)cc1. The fourth-order valence-corrected chi connectivity index (χ4v) is 4.93. The third kappa shape index (κ3) is 4.42. The largest absolute Gasteiger partial charge is 0.351 e. The first-order valence-electron chi connectivity index (χ1n) is 11.6. The molecule has 1 aliphatic rings. The summed E-state index contributed by atoms with van der Waals surface area (Å²) >= 11 is 5.86. The van der Waals surface area contributed by atoms with Gasteiger partial charge in [0.05, 0.1) is 11.7 Å². The van der Waals surface area contributed by atoms with E-state index in [1.165, 1.54) is 18.1 Å². The van der Waals surface area contributed by atoms with Crippen LogP contribution in [0.2, 0.25) is 0 Å². The van der Waals surface area contributed by atoms with Gasteiger partial charge in [0.2, 0.25) is 5.91 Å². The molecule has 35 heavy (non-hydrogen) atoms. The van der Waals surface area contributed by atoms with E-state index in [1.54, 1.807) is 0 Å². The molecule has 1 aliphatic heterocycles. The Hall–Kier alpha value is -3.97. The standard InChI is InChI=1S/C28H27N5OS/c1-18-9-12-23(17-19(18)2)32-16-6-8-25(32)27-26(24-7-4-5-15-29-24)31-28(35)33(27)22-13-10-21(11-14-22)30-20(3)34/h4-17,26-27H,1-3H3,(H,30,34)(H,31,35)/t26-,27-/m1/s1. The van der Waals surface area contributed by atoms with Gasteiger partial charge in [0.1, 0.15) is 6.04 Å². The van der Waals surface area contributed by atoms with Crippen LogP contribution in [0.4, 0.5) is 11.4 Å². The molecule has 0 saturated carbocycles. The lowest BCUT2D eigenvalue weighted by Crippen LogP contribution is -2.30. The summed E-state index contributed by atoms with van der Waals surface area (Å²) in [6.45, 7) is 5.76. The number of hydrogen-bond acceptors (Lipinski definition) is 3. The molecule has 7 heteroatoms. The maximum absolute atomic E-state index is 11.5. The van der Waals surface area contributed by atoms with E-state index in [4.69, 9.17) is 12.2 Å². The van der Waals surface area contributed by atoms with Gasteiger partial charge in [-0.15, -0.1) is 0 Å². The van der Waals surface area contributed by atoms with Crippen molar-refractivity contribution in [2.45, 2.75) is 32.9 Å². The number of carbonyl (C=O) groups excluding carboxylic acids is 1. The molecule has 5 rings (SSSR count). The van der Waals surface area contributed by atoms with E-state index >= 15 is 0 Å². The molecule has 0 spiro atoms. The van der Waals surface area contributed by atoms with Crippen LogP contribution in [0.3, 0.4) is 0 Å². The third-order valence-electron chi connectivity index (χ3n) is 6.42. The van der Waals surface area contributed by atoms with E-state index < -0.39 is 0 Å². The summed E-state index contributed by atoms with van der Waals surface area (Å²) in [5.74, 6) is -0.101. The normalized spacial score (nSPS) is 17.3. The van der Waals surface area contributed by atoms with Crippen LogP contribution in [-0.4, -0.2) is 20.6 Å². The molecule has 0 radical (unpaired) electrons. The van der Waals surface area contributed by atoms with E-state index in [0.717, 1.165) is 28.5 Å². The molecule has 1 amide bonds. The Bertz CT molecular complexity index is 1380. The molecule has 0 aliphatic carbocycles. The number of thiocarbonyl (C=S) groups is 1. The van der Waals surface area contributed by atoms with Crippen LogP contribution >= 0.6 is 12.2 Å². The number of carbonyl (C=O) groups is 1. The Morgan fingerprint density at radius 2 is 1.74 bits per heavy atom. The molecular weight excluding hydrogens is 454 g/mol. The predicted molar refractivity (Wildman–Crippen MR) is 144 cm³/mol. The average Bonchev–Trinajstić information content (AvgIpc) is 3.46. The van der Waals surface area contributed by atoms with Crippen molar-refractivity contribution in [1.82, 2.24) is 14.9 Å². The van der Waals surface area contributed by atoms with Gasteiger partial charge in [-0.3, -0.25) is 9.78 Å². The highest BCUT2D eigenvalue weighted by molar-refractivity contribution is 7.80. The zero-order chi connectivity index (χ0) is 24.5. The lowest BCUT2D eigenvalue weighted by molar-refractivity contribution is -0.114. The van der Waals surface area contributed by atoms with Crippen LogP contribution in [0, 0.1) is 13.8 Å². The van der Waals surface area contributed by atoms with Crippen molar-refractivity contribution in [3.8, 4) is 5.69 Å². The average molecular weight is 482 g/mol. The van der Waals surface area contributed by atoms with Gasteiger partial charge in [0.15, 0.2) is 5.11 Å². The number of aromatic nitrogens is 2. The van der Waals surface area contributed by atoms with Gasteiger partial charge < -0.3 is 20.1 Å². The summed E-state index contributed by atoms with van der Waals surface area (Å²) in [7, 11) is 0. The molecule has 0 unspecified atom stereocenters. The molecule has 2 atom stereocenters. The van der Waals surface area contributed by atoms with Gasteiger partial charge in [0.25, 0.3) is 0 Å². The van der Waals surface area contributed by atoms with E-state index in [1.807, 2.05) is 48.7 Å². The molecule has 1 fully saturated rings. The first-order valence-corrected chi connectivity index (χ1v) is 12.0. The lowest BCUT2D eigenvalue weighted by atomic mass is 10.0. The second kappa shape index (κ2) is 9.35. The summed E-state index contributed by atoms with van der Waals surface area (Å²) in [6, 6.07) is 24.1. The zero-order valence-electron chi connectivity index (χ0n) is 19.9. The molecule has 2 aromatic carbocycles. The summed E-state index contributed by atoms with van der Waals surface area (Å²) in [5.41, 5.74) is 7.31.